The number of nitrogens with one attached hydrogen (secondary N) is 2. The molecular formula is C20H20ClN3O5S. The smallest absolute Gasteiger partial charge is 0.257 e. The maximum atomic E-state index is 12.8. The first kappa shape index (κ1) is 21.8. The molecule has 30 heavy (non-hydrogen) atoms. The molecule has 0 aromatic heterocycles. The zero-order chi connectivity index (χ0) is 22.3. The number of amides is 3. The summed E-state index contributed by atoms with van der Waals surface area (Å²) < 4.78 is 25.7. The van der Waals surface area contributed by atoms with Gasteiger partial charge in [0.1, 0.15) is 0 Å². The number of benzene rings is 2. The molecule has 1 heterocycles. The first-order chi connectivity index (χ1) is 13.9. The Balaban J connectivity index is 1.92. The first-order valence-electron chi connectivity index (χ1n) is 8.97. The van der Waals surface area contributed by atoms with Crippen LogP contribution in [0.2, 0.25) is 5.02 Å². The van der Waals surface area contributed by atoms with Crippen LogP contribution in [0.25, 0.3) is 0 Å². The molecule has 2 aromatic rings. The number of halogens is 1. The molecule has 1 saturated heterocycles. The molecule has 0 radical (unpaired) electrons. The summed E-state index contributed by atoms with van der Waals surface area (Å²) in [4.78, 5) is 36.6. The van der Waals surface area contributed by atoms with E-state index in [0.29, 0.717) is 11.4 Å². The molecule has 1 fully saturated rings. The Labute approximate surface area is 179 Å². The highest BCUT2D eigenvalue weighted by atomic mass is 35.5. The van der Waals surface area contributed by atoms with Crippen molar-refractivity contribution in [3.05, 3.63) is 53.1 Å². The van der Waals surface area contributed by atoms with E-state index >= 15 is 0 Å². The molecule has 8 nitrogen and oxygen atoms in total. The summed E-state index contributed by atoms with van der Waals surface area (Å²) in [5.74, 6) is -1.74. The summed E-state index contributed by atoms with van der Waals surface area (Å²) in [7, 11) is -3.86. The molecule has 1 aliphatic heterocycles. The Kier molecular flexibility index (Phi) is 5.62. The van der Waals surface area contributed by atoms with Crippen molar-refractivity contribution in [2.24, 2.45) is 5.41 Å². The average Bonchev–Trinajstić information content (AvgIpc) is 2.78. The summed E-state index contributed by atoms with van der Waals surface area (Å²) in [5, 5.41) is 5.36. The van der Waals surface area contributed by atoms with E-state index in [-0.39, 0.29) is 27.9 Å². The molecule has 3 amide bonds. The number of sulfonamides is 1. The van der Waals surface area contributed by atoms with Gasteiger partial charge >= 0.3 is 0 Å². The number of hydrogen-bond donors (Lipinski definition) is 2. The molecule has 0 spiro atoms. The zero-order valence-electron chi connectivity index (χ0n) is 16.5. The van der Waals surface area contributed by atoms with Crippen LogP contribution in [-0.4, -0.2) is 31.9 Å². The highest BCUT2D eigenvalue weighted by Gasteiger charge is 2.50. The van der Waals surface area contributed by atoms with Gasteiger partial charge in [0.25, 0.3) is 5.91 Å². The standard InChI is InChI=1S/C20H20ClN3O5S/c1-12(25)22-13-5-4-6-14(9-13)23-18(26)16-10-15(7-8-17(16)21)24-19(27)20(2,3)11-30(24,28)29/h4-10H,11H2,1-3H3,(H,22,25)(H,23,26). The molecule has 2 aromatic carbocycles. The molecule has 10 heteroatoms. The van der Waals surface area contributed by atoms with Gasteiger partial charge in [0, 0.05) is 18.3 Å². The highest BCUT2D eigenvalue weighted by molar-refractivity contribution is 7.94. The minimum absolute atomic E-state index is 0.00630. The van der Waals surface area contributed by atoms with Crippen molar-refractivity contribution in [2.75, 3.05) is 20.7 Å². The summed E-state index contributed by atoms with van der Waals surface area (Å²) in [6.45, 7) is 4.47. The van der Waals surface area contributed by atoms with Crippen LogP contribution < -0.4 is 14.9 Å². The van der Waals surface area contributed by atoms with E-state index < -0.39 is 27.3 Å². The predicted octanol–water partition coefficient (Wildman–Crippen LogP) is 3.25. The molecule has 0 aliphatic carbocycles. The number of anilines is 3. The summed E-state index contributed by atoms with van der Waals surface area (Å²) in [6.07, 6.45) is 0. The number of nitrogens with zero attached hydrogens (tertiary/aromatic N) is 1. The first-order valence-corrected chi connectivity index (χ1v) is 11.0. The largest absolute Gasteiger partial charge is 0.326 e. The molecule has 0 saturated carbocycles. The lowest BCUT2D eigenvalue weighted by Crippen LogP contribution is -2.33. The molecule has 0 unspecified atom stereocenters. The second kappa shape index (κ2) is 7.73. The molecule has 1 aliphatic rings. The number of carbonyl (C=O) groups is 3. The lowest BCUT2D eigenvalue weighted by molar-refractivity contribution is -0.123. The van der Waals surface area contributed by atoms with Crippen LogP contribution in [0.5, 0.6) is 0 Å². The van der Waals surface area contributed by atoms with Gasteiger partial charge in [-0.2, -0.15) is 0 Å². The summed E-state index contributed by atoms with van der Waals surface area (Å²) in [6, 6.07) is 10.5. The predicted molar refractivity (Wildman–Crippen MR) is 115 cm³/mol. The number of rotatable bonds is 4. The van der Waals surface area contributed by atoms with Gasteiger partial charge in [0.2, 0.25) is 21.8 Å². The molecule has 3 rings (SSSR count). The normalized spacial score (nSPS) is 16.9. The molecule has 2 N–H and O–H groups in total. The van der Waals surface area contributed by atoms with Crippen LogP contribution in [0.15, 0.2) is 42.5 Å². The van der Waals surface area contributed by atoms with Crippen LogP contribution >= 0.6 is 11.6 Å². The fraction of sp³-hybridized carbons (Fsp3) is 0.250. The van der Waals surface area contributed by atoms with Gasteiger partial charge in [-0.15, -0.1) is 0 Å². The molecule has 0 bridgehead atoms. The third-order valence-electron chi connectivity index (χ3n) is 4.45. The summed E-state index contributed by atoms with van der Waals surface area (Å²) >= 11 is 6.16. The van der Waals surface area contributed by atoms with Crippen molar-refractivity contribution in [3.8, 4) is 0 Å². The van der Waals surface area contributed by atoms with Crippen LogP contribution in [0.3, 0.4) is 0 Å². The Bertz CT molecular complexity index is 1160. The van der Waals surface area contributed by atoms with Gasteiger partial charge in [-0.3, -0.25) is 14.4 Å². The van der Waals surface area contributed by atoms with E-state index in [0.717, 1.165) is 4.31 Å². The van der Waals surface area contributed by atoms with Crippen molar-refractivity contribution >= 4 is 56.4 Å². The van der Waals surface area contributed by atoms with Crippen LogP contribution in [0, 0.1) is 5.41 Å². The maximum absolute atomic E-state index is 12.8. The SMILES string of the molecule is CC(=O)Nc1cccc(NC(=O)c2cc(N3C(=O)C(C)(C)CS3(=O)=O)ccc2Cl)c1. The van der Waals surface area contributed by atoms with Crippen molar-refractivity contribution in [3.63, 3.8) is 0 Å². The van der Waals surface area contributed by atoms with Gasteiger partial charge in [-0.1, -0.05) is 17.7 Å². The number of carbonyl (C=O) groups excluding carboxylic acids is 3. The van der Waals surface area contributed by atoms with E-state index in [2.05, 4.69) is 10.6 Å². The Morgan fingerprint density at radius 3 is 2.27 bits per heavy atom. The molecule has 0 atom stereocenters. The third kappa shape index (κ3) is 4.31. The molecule has 158 valence electrons. The number of hydrogen-bond acceptors (Lipinski definition) is 5. The minimum atomic E-state index is -3.86. The topological polar surface area (TPSA) is 113 Å². The van der Waals surface area contributed by atoms with Crippen molar-refractivity contribution in [1.29, 1.82) is 0 Å². The van der Waals surface area contributed by atoms with Crippen molar-refractivity contribution in [1.82, 2.24) is 0 Å². The van der Waals surface area contributed by atoms with E-state index in [1.165, 1.54) is 25.1 Å². The van der Waals surface area contributed by atoms with Crippen LogP contribution in [0.4, 0.5) is 17.1 Å². The van der Waals surface area contributed by atoms with E-state index in [4.69, 9.17) is 11.6 Å². The Morgan fingerprint density at radius 1 is 1.07 bits per heavy atom. The van der Waals surface area contributed by atoms with Gasteiger partial charge in [0.15, 0.2) is 0 Å². The highest BCUT2D eigenvalue weighted by Crippen LogP contribution is 2.37. The monoisotopic (exact) mass is 449 g/mol. The van der Waals surface area contributed by atoms with E-state index in [1.54, 1.807) is 38.1 Å². The second-order valence-corrected chi connectivity index (χ2v) is 9.81. The Morgan fingerprint density at radius 2 is 1.70 bits per heavy atom. The van der Waals surface area contributed by atoms with Gasteiger partial charge < -0.3 is 10.6 Å². The van der Waals surface area contributed by atoms with Gasteiger partial charge in [-0.25, -0.2) is 12.7 Å². The van der Waals surface area contributed by atoms with Gasteiger partial charge in [0.05, 0.1) is 27.4 Å². The van der Waals surface area contributed by atoms with E-state index in [9.17, 15) is 22.8 Å². The fourth-order valence-electron chi connectivity index (χ4n) is 3.15. The lowest BCUT2D eigenvalue weighted by Gasteiger charge is -2.18. The quantitative estimate of drug-likeness (QED) is 0.743. The van der Waals surface area contributed by atoms with E-state index in [1.807, 2.05) is 0 Å². The second-order valence-electron chi connectivity index (χ2n) is 7.59. The Hall–Kier alpha value is -2.91. The average molecular weight is 450 g/mol. The summed E-state index contributed by atoms with van der Waals surface area (Å²) in [5.41, 5.74) is -0.112. The van der Waals surface area contributed by atoms with Crippen molar-refractivity contribution in [2.45, 2.75) is 20.8 Å². The minimum Gasteiger partial charge on any atom is -0.326 e. The van der Waals surface area contributed by atoms with Gasteiger partial charge in [-0.05, 0) is 50.2 Å². The maximum Gasteiger partial charge on any atom is 0.257 e. The van der Waals surface area contributed by atoms with Crippen LogP contribution in [-0.2, 0) is 19.6 Å². The zero-order valence-corrected chi connectivity index (χ0v) is 18.1. The molecular weight excluding hydrogens is 430 g/mol. The van der Waals surface area contributed by atoms with Crippen LogP contribution in [0.1, 0.15) is 31.1 Å². The van der Waals surface area contributed by atoms with Crippen molar-refractivity contribution < 1.29 is 22.8 Å². The third-order valence-corrected chi connectivity index (χ3v) is 6.80. The fourth-order valence-corrected chi connectivity index (χ4v) is 5.45. The lowest BCUT2D eigenvalue weighted by atomic mass is 9.95.